The number of rotatable bonds is 6. The quantitative estimate of drug-likeness (QED) is 0.599. The molecule has 29 heavy (non-hydrogen) atoms. The topological polar surface area (TPSA) is 74.6 Å². The lowest BCUT2D eigenvalue weighted by Crippen LogP contribution is -2.36. The van der Waals surface area contributed by atoms with E-state index in [4.69, 9.17) is 9.47 Å². The van der Waals surface area contributed by atoms with Crippen LogP contribution in [0, 0.1) is 18.3 Å². The molecule has 0 bridgehead atoms. The van der Waals surface area contributed by atoms with Gasteiger partial charge < -0.3 is 19.7 Å². The van der Waals surface area contributed by atoms with Gasteiger partial charge in [-0.3, -0.25) is 4.79 Å². The maximum absolute atomic E-state index is 12.5. The number of nitrogens with zero attached hydrogens (tertiary/aromatic N) is 2. The molecule has 1 saturated heterocycles. The normalized spacial score (nSPS) is 14.2. The Morgan fingerprint density at radius 2 is 1.97 bits per heavy atom. The number of morpholine rings is 1. The van der Waals surface area contributed by atoms with Crippen LogP contribution in [-0.2, 0) is 9.53 Å². The molecule has 1 aliphatic rings. The van der Waals surface area contributed by atoms with E-state index in [0.29, 0.717) is 12.3 Å². The van der Waals surface area contributed by atoms with Crippen LogP contribution in [0.25, 0.3) is 6.08 Å². The first-order chi connectivity index (χ1) is 14.1. The van der Waals surface area contributed by atoms with Crippen LogP contribution in [0.3, 0.4) is 0 Å². The summed E-state index contributed by atoms with van der Waals surface area (Å²) >= 11 is 0. The van der Waals surface area contributed by atoms with E-state index >= 15 is 0 Å². The highest BCUT2D eigenvalue weighted by molar-refractivity contribution is 6.09. The zero-order valence-corrected chi connectivity index (χ0v) is 16.8. The first-order valence-corrected chi connectivity index (χ1v) is 9.70. The molecule has 1 heterocycles. The van der Waals surface area contributed by atoms with E-state index in [2.05, 4.69) is 16.3 Å². The molecule has 6 heteroatoms. The Bertz CT molecular complexity index is 923. The monoisotopic (exact) mass is 391 g/mol. The predicted octanol–water partition coefficient (Wildman–Crippen LogP) is 3.78. The van der Waals surface area contributed by atoms with E-state index in [-0.39, 0.29) is 5.57 Å². The number of aryl methyl sites for hydroxylation is 1. The molecule has 150 valence electrons. The molecule has 2 aromatic carbocycles. The predicted molar refractivity (Wildman–Crippen MR) is 114 cm³/mol. The third kappa shape index (κ3) is 5.37. The van der Waals surface area contributed by atoms with E-state index in [1.807, 2.05) is 32.0 Å². The summed E-state index contributed by atoms with van der Waals surface area (Å²) in [5.41, 5.74) is 3.65. The first kappa shape index (κ1) is 20.4. The van der Waals surface area contributed by atoms with Crippen molar-refractivity contribution in [3.8, 4) is 11.8 Å². The molecule has 1 aliphatic heterocycles. The molecular formula is C23H25N3O3. The number of ether oxygens (including phenoxy) is 2. The lowest BCUT2D eigenvalue weighted by Gasteiger charge is -2.29. The van der Waals surface area contributed by atoms with Gasteiger partial charge in [0, 0.05) is 24.5 Å². The van der Waals surface area contributed by atoms with Gasteiger partial charge in [0.2, 0.25) is 0 Å². The number of amides is 1. The van der Waals surface area contributed by atoms with Crippen molar-refractivity contribution in [2.24, 2.45) is 0 Å². The fraction of sp³-hybridized carbons (Fsp3) is 0.304. The zero-order valence-electron chi connectivity index (χ0n) is 16.8. The number of carbonyl (C=O) groups is 1. The molecule has 1 N–H and O–H groups in total. The highest BCUT2D eigenvalue weighted by atomic mass is 16.5. The molecule has 0 saturated carbocycles. The van der Waals surface area contributed by atoms with Crippen LogP contribution in [0.15, 0.2) is 48.0 Å². The van der Waals surface area contributed by atoms with Crippen molar-refractivity contribution < 1.29 is 14.3 Å². The molecule has 3 rings (SSSR count). The van der Waals surface area contributed by atoms with Gasteiger partial charge in [-0.1, -0.05) is 6.07 Å². The van der Waals surface area contributed by atoms with Gasteiger partial charge in [0.15, 0.2) is 0 Å². The third-order valence-corrected chi connectivity index (χ3v) is 4.72. The van der Waals surface area contributed by atoms with E-state index in [1.165, 1.54) is 0 Å². The Hall–Kier alpha value is -3.30. The minimum atomic E-state index is -0.437. The lowest BCUT2D eigenvalue weighted by atomic mass is 10.0. The summed E-state index contributed by atoms with van der Waals surface area (Å²) in [5.74, 6) is 0.297. The molecule has 2 aromatic rings. The Morgan fingerprint density at radius 1 is 1.24 bits per heavy atom. The van der Waals surface area contributed by atoms with Crippen LogP contribution in [-0.4, -0.2) is 38.8 Å². The average molecular weight is 391 g/mol. The molecule has 6 nitrogen and oxygen atoms in total. The minimum Gasteiger partial charge on any atom is -0.494 e. The smallest absolute Gasteiger partial charge is 0.266 e. The highest BCUT2D eigenvalue weighted by Gasteiger charge is 2.13. The summed E-state index contributed by atoms with van der Waals surface area (Å²) in [7, 11) is 0. The molecule has 0 radical (unpaired) electrons. The van der Waals surface area contributed by atoms with Crippen molar-refractivity contribution in [2.75, 3.05) is 43.1 Å². The number of nitriles is 1. The van der Waals surface area contributed by atoms with Gasteiger partial charge in [0.25, 0.3) is 5.91 Å². The van der Waals surface area contributed by atoms with E-state index in [0.717, 1.165) is 48.9 Å². The van der Waals surface area contributed by atoms with Crippen LogP contribution in [0.2, 0.25) is 0 Å². The summed E-state index contributed by atoms with van der Waals surface area (Å²) in [5, 5.41) is 12.2. The average Bonchev–Trinajstić information content (AvgIpc) is 2.75. The van der Waals surface area contributed by atoms with Crippen molar-refractivity contribution in [3.63, 3.8) is 0 Å². The van der Waals surface area contributed by atoms with Crippen LogP contribution < -0.4 is 15.0 Å². The second-order valence-electron chi connectivity index (χ2n) is 6.72. The van der Waals surface area contributed by atoms with E-state index < -0.39 is 5.91 Å². The summed E-state index contributed by atoms with van der Waals surface area (Å²) in [6, 6.07) is 15.1. The fourth-order valence-electron chi connectivity index (χ4n) is 3.14. The van der Waals surface area contributed by atoms with Crippen LogP contribution in [0.1, 0.15) is 18.1 Å². The number of anilines is 2. The summed E-state index contributed by atoms with van der Waals surface area (Å²) < 4.78 is 10.8. The van der Waals surface area contributed by atoms with Gasteiger partial charge in [-0.05, 0) is 67.4 Å². The zero-order chi connectivity index (χ0) is 20.6. The van der Waals surface area contributed by atoms with Gasteiger partial charge in [-0.2, -0.15) is 5.26 Å². The summed E-state index contributed by atoms with van der Waals surface area (Å²) in [6.45, 7) is 7.65. The molecule has 0 aromatic heterocycles. The summed E-state index contributed by atoms with van der Waals surface area (Å²) in [6.07, 6.45) is 1.63. The first-order valence-electron chi connectivity index (χ1n) is 9.70. The molecule has 0 atom stereocenters. The van der Waals surface area contributed by atoms with Gasteiger partial charge >= 0.3 is 0 Å². The SMILES string of the molecule is CCOc1ccc(NC(=O)/C(C#N)=C\c2ccc(N3CCOCC3)cc2C)cc1. The van der Waals surface area contributed by atoms with Gasteiger partial charge in [0.1, 0.15) is 17.4 Å². The Balaban J connectivity index is 1.73. The third-order valence-electron chi connectivity index (χ3n) is 4.72. The number of benzene rings is 2. The maximum Gasteiger partial charge on any atom is 0.266 e. The molecule has 0 unspecified atom stereocenters. The second kappa shape index (κ2) is 9.76. The minimum absolute atomic E-state index is 0.0566. The Kier molecular flexibility index (Phi) is 6.88. The Labute approximate surface area is 171 Å². The largest absolute Gasteiger partial charge is 0.494 e. The second-order valence-corrected chi connectivity index (χ2v) is 6.72. The molecule has 1 fully saturated rings. The van der Waals surface area contributed by atoms with Crippen LogP contribution in [0.4, 0.5) is 11.4 Å². The van der Waals surface area contributed by atoms with Crippen molar-refractivity contribution in [1.29, 1.82) is 5.26 Å². The standard InChI is InChI=1S/C23H25N3O3/c1-3-29-22-8-5-20(6-9-22)25-23(27)19(16-24)15-18-4-7-21(14-17(18)2)26-10-12-28-13-11-26/h4-9,14-15H,3,10-13H2,1-2H3,(H,25,27)/b19-15-. The van der Waals surface area contributed by atoms with Crippen LogP contribution >= 0.6 is 0 Å². The van der Waals surface area contributed by atoms with E-state index in [9.17, 15) is 10.1 Å². The molecular weight excluding hydrogens is 366 g/mol. The number of hydrogen-bond acceptors (Lipinski definition) is 5. The van der Waals surface area contributed by atoms with Gasteiger partial charge in [-0.15, -0.1) is 0 Å². The van der Waals surface area contributed by atoms with E-state index in [1.54, 1.807) is 30.3 Å². The van der Waals surface area contributed by atoms with Crippen molar-refractivity contribution in [2.45, 2.75) is 13.8 Å². The maximum atomic E-state index is 12.5. The molecule has 1 amide bonds. The fourth-order valence-corrected chi connectivity index (χ4v) is 3.14. The van der Waals surface area contributed by atoms with Crippen LogP contribution in [0.5, 0.6) is 5.75 Å². The Morgan fingerprint density at radius 3 is 2.59 bits per heavy atom. The van der Waals surface area contributed by atoms with Gasteiger partial charge in [0.05, 0.1) is 19.8 Å². The van der Waals surface area contributed by atoms with Crippen molar-refractivity contribution in [3.05, 3.63) is 59.2 Å². The molecule has 0 spiro atoms. The van der Waals surface area contributed by atoms with Crippen molar-refractivity contribution >= 4 is 23.4 Å². The van der Waals surface area contributed by atoms with Gasteiger partial charge in [-0.25, -0.2) is 0 Å². The number of carbonyl (C=O) groups excluding carboxylic acids is 1. The highest BCUT2D eigenvalue weighted by Crippen LogP contribution is 2.22. The summed E-state index contributed by atoms with van der Waals surface area (Å²) in [4.78, 5) is 14.8. The molecule has 0 aliphatic carbocycles. The number of nitrogens with one attached hydrogen (secondary N) is 1. The number of hydrogen-bond donors (Lipinski definition) is 1. The van der Waals surface area contributed by atoms with Crippen molar-refractivity contribution in [1.82, 2.24) is 0 Å². The lowest BCUT2D eigenvalue weighted by molar-refractivity contribution is -0.112.